The molecule has 0 radical (unpaired) electrons. The molecule has 0 bridgehead atoms. The van der Waals surface area contributed by atoms with Gasteiger partial charge in [0, 0.05) is 31.0 Å². The molecule has 0 aliphatic carbocycles. The summed E-state index contributed by atoms with van der Waals surface area (Å²) in [5.74, 6) is 2.35. The average Bonchev–Trinajstić information content (AvgIpc) is 3.05. The van der Waals surface area contributed by atoms with Crippen LogP contribution in [-0.2, 0) is 0 Å². The molecule has 0 aliphatic rings. The summed E-state index contributed by atoms with van der Waals surface area (Å²) in [6.45, 7) is 34.1. The van der Waals surface area contributed by atoms with Crippen molar-refractivity contribution in [3.8, 4) is 0 Å². The maximum absolute atomic E-state index is 4.69. The molecule has 0 aromatic rings. The van der Waals surface area contributed by atoms with Crippen LogP contribution >= 0.6 is 11.8 Å². The van der Waals surface area contributed by atoms with Crippen LogP contribution in [0.25, 0.3) is 0 Å². The largest absolute Gasteiger partial charge is 0.358 e. The Kier molecular flexibility index (Phi) is 25.0. The van der Waals surface area contributed by atoms with E-state index in [1.165, 1.54) is 30.4 Å². The minimum absolute atomic E-state index is 0.121. The molecule has 0 saturated carbocycles. The normalized spacial score (nSPS) is 17.4. The number of nitrogens with zero attached hydrogens (tertiary/aromatic N) is 2. The molecule has 270 valence electrons. The predicted octanol–water partition coefficient (Wildman–Crippen LogP) is 13.5. The molecule has 0 saturated heterocycles. The van der Waals surface area contributed by atoms with Crippen molar-refractivity contribution in [3.63, 3.8) is 0 Å². The van der Waals surface area contributed by atoms with Gasteiger partial charge >= 0.3 is 0 Å². The molecule has 0 aromatic carbocycles. The lowest BCUT2D eigenvalue weighted by atomic mass is 9.70. The monoisotopic (exact) mass is 675 g/mol. The fourth-order valence-electron chi connectivity index (χ4n) is 6.91. The lowest BCUT2D eigenvalue weighted by molar-refractivity contribution is 0.0804. The van der Waals surface area contributed by atoms with Crippen LogP contribution in [0.5, 0.6) is 0 Å². The highest BCUT2D eigenvalue weighted by Crippen LogP contribution is 2.42. The summed E-state index contributed by atoms with van der Waals surface area (Å²) in [6.07, 6.45) is 34.0. The van der Waals surface area contributed by atoms with Gasteiger partial charge in [0.25, 0.3) is 0 Å². The minimum atomic E-state index is 0.121. The number of hydrogen-bond donors (Lipinski definition) is 0. The Balaban J connectivity index is 6.33. The van der Waals surface area contributed by atoms with Crippen molar-refractivity contribution in [2.75, 3.05) is 26.4 Å². The Labute approximate surface area is 304 Å². The van der Waals surface area contributed by atoms with Gasteiger partial charge in [0.05, 0.1) is 6.17 Å². The van der Waals surface area contributed by atoms with Crippen LogP contribution in [0.1, 0.15) is 107 Å². The Hall–Kier alpha value is -2.49. The molecular weight excluding hydrogens is 601 g/mol. The van der Waals surface area contributed by atoms with Crippen LogP contribution in [0.2, 0.25) is 0 Å². The van der Waals surface area contributed by atoms with Crippen LogP contribution in [-0.4, -0.2) is 42.4 Å². The fourth-order valence-corrected chi connectivity index (χ4v) is 7.68. The first-order valence-electron chi connectivity index (χ1n) is 18.5. The Bertz CT molecular complexity index is 1150. The van der Waals surface area contributed by atoms with Gasteiger partial charge in [-0.3, -0.25) is 4.90 Å². The number of likely N-dealkylation sites (N-methyl/N-ethyl adjacent to an activating group) is 1. The second-order valence-electron chi connectivity index (χ2n) is 13.7. The second kappa shape index (κ2) is 26.4. The topological polar surface area (TPSA) is 6.48 Å². The third-order valence-corrected chi connectivity index (χ3v) is 10.7. The van der Waals surface area contributed by atoms with Crippen molar-refractivity contribution in [1.29, 1.82) is 0 Å². The highest BCUT2D eigenvalue weighted by molar-refractivity contribution is 8.02. The van der Waals surface area contributed by atoms with E-state index in [-0.39, 0.29) is 17.5 Å². The van der Waals surface area contributed by atoms with Gasteiger partial charge in [-0.1, -0.05) is 152 Å². The van der Waals surface area contributed by atoms with Crippen LogP contribution in [0.3, 0.4) is 0 Å². The lowest BCUT2D eigenvalue weighted by Gasteiger charge is -2.42. The Morgan fingerprint density at radius 2 is 1.58 bits per heavy atom. The summed E-state index contributed by atoms with van der Waals surface area (Å²) < 4.78 is 0. The van der Waals surface area contributed by atoms with Crippen LogP contribution in [0.15, 0.2) is 120 Å². The smallest absolute Gasteiger partial charge is 0.0913 e. The van der Waals surface area contributed by atoms with Crippen molar-refractivity contribution in [3.05, 3.63) is 120 Å². The van der Waals surface area contributed by atoms with E-state index >= 15 is 0 Å². The molecule has 3 heteroatoms. The molecule has 0 fully saturated rings. The SMILES string of the molecule is C=C/C=C\SCC(C)CN(C)C(C(/C=C\C)/C=C\C=C)N(C)C(=C)/C(=C/C/C=C(\CC)C(C)(CCC)CC(C)/C(C)=C/C/C=C\C)CC. The van der Waals surface area contributed by atoms with Crippen LogP contribution < -0.4 is 0 Å². The quantitative estimate of drug-likeness (QED) is 0.0512. The molecule has 0 aromatic heterocycles. The third kappa shape index (κ3) is 16.8. The average molecular weight is 675 g/mol. The zero-order valence-corrected chi connectivity index (χ0v) is 33.9. The molecule has 0 rings (SSSR count). The molecule has 2 nitrogen and oxygen atoms in total. The number of thioether (sulfide) groups is 1. The highest BCUT2D eigenvalue weighted by Gasteiger charge is 2.30. The first-order chi connectivity index (χ1) is 22.9. The van der Waals surface area contributed by atoms with E-state index in [0.717, 1.165) is 43.7 Å². The molecular formula is C45H74N2S. The highest BCUT2D eigenvalue weighted by atomic mass is 32.2. The van der Waals surface area contributed by atoms with E-state index in [0.29, 0.717) is 11.8 Å². The van der Waals surface area contributed by atoms with Crippen molar-refractivity contribution in [1.82, 2.24) is 9.80 Å². The summed E-state index contributed by atoms with van der Waals surface area (Å²) >= 11 is 1.85. The zero-order chi connectivity index (χ0) is 36.5. The predicted molar refractivity (Wildman–Crippen MR) is 223 cm³/mol. The number of rotatable bonds is 26. The summed E-state index contributed by atoms with van der Waals surface area (Å²) in [6, 6.07) is 0. The Morgan fingerprint density at radius 3 is 2.15 bits per heavy atom. The van der Waals surface area contributed by atoms with E-state index in [4.69, 9.17) is 6.58 Å². The third-order valence-electron chi connectivity index (χ3n) is 9.58. The van der Waals surface area contributed by atoms with E-state index in [1.54, 1.807) is 5.57 Å². The maximum atomic E-state index is 4.69. The van der Waals surface area contributed by atoms with Crippen LogP contribution in [0.4, 0.5) is 0 Å². The molecule has 5 unspecified atom stereocenters. The van der Waals surface area contributed by atoms with Gasteiger partial charge in [0.15, 0.2) is 0 Å². The molecule has 0 spiro atoms. The number of hydrogen-bond acceptors (Lipinski definition) is 3. The minimum Gasteiger partial charge on any atom is -0.358 e. The van der Waals surface area contributed by atoms with Crippen molar-refractivity contribution in [2.24, 2.45) is 23.2 Å². The first-order valence-corrected chi connectivity index (χ1v) is 19.6. The van der Waals surface area contributed by atoms with Gasteiger partial charge in [0.1, 0.15) is 0 Å². The summed E-state index contributed by atoms with van der Waals surface area (Å²) in [5.41, 5.74) is 5.73. The molecule has 0 aliphatic heterocycles. The Morgan fingerprint density at radius 1 is 0.896 bits per heavy atom. The zero-order valence-electron chi connectivity index (χ0n) is 33.1. The van der Waals surface area contributed by atoms with Gasteiger partial charge in [-0.15, -0.1) is 11.8 Å². The standard InChI is InChI=1S/C45H74N2S/c1-15-22-25-28-38(9)39(10)34-45(12,32-19-5)43(21-7)31-26-30-41(20-6)40(11)47(14)44(42(27-18-4)29-23-16-2)46(13)35-37(8)36-48-33-24-17-3/h15-18,22-24,27-31,33,37,39,42,44H,2-3,11,19-21,25-26,32,34-36H2,1,4-10,12-14H3/b22-15-,27-18-,29-23-,33-24-,38-28+,41-30+,43-31+. The summed E-state index contributed by atoms with van der Waals surface area (Å²) in [7, 11) is 4.47. The van der Waals surface area contributed by atoms with Crippen molar-refractivity contribution >= 4 is 11.8 Å². The maximum Gasteiger partial charge on any atom is 0.0913 e. The lowest BCUT2D eigenvalue weighted by Crippen LogP contribution is -2.49. The summed E-state index contributed by atoms with van der Waals surface area (Å²) in [5, 5.41) is 2.14. The van der Waals surface area contributed by atoms with Gasteiger partial charge in [-0.25, -0.2) is 0 Å². The summed E-state index contributed by atoms with van der Waals surface area (Å²) in [4.78, 5) is 4.90. The van der Waals surface area contributed by atoms with Gasteiger partial charge in [-0.2, -0.15) is 0 Å². The first kappa shape index (κ1) is 45.5. The second-order valence-corrected chi connectivity index (χ2v) is 14.6. The molecule has 48 heavy (non-hydrogen) atoms. The van der Waals surface area contributed by atoms with E-state index < -0.39 is 0 Å². The van der Waals surface area contributed by atoms with Gasteiger partial charge in [-0.05, 0) is 94.6 Å². The van der Waals surface area contributed by atoms with Crippen molar-refractivity contribution < 1.29 is 0 Å². The number of allylic oxidation sites excluding steroid dienone is 13. The van der Waals surface area contributed by atoms with Crippen LogP contribution in [0, 0.1) is 23.2 Å². The molecule has 5 atom stereocenters. The molecule has 0 amide bonds. The van der Waals surface area contributed by atoms with E-state index in [2.05, 4.69) is 159 Å². The van der Waals surface area contributed by atoms with Gasteiger partial charge < -0.3 is 4.90 Å². The van der Waals surface area contributed by atoms with E-state index in [9.17, 15) is 0 Å². The fraction of sp³-hybridized carbons (Fsp3) is 0.556. The van der Waals surface area contributed by atoms with Crippen molar-refractivity contribution in [2.45, 2.75) is 113 Å². The molecule has 0 heterocycles. The van der Waals surface area contributed by atoms with Gasteiger partial charge in [0.2, 0.25) is 0 Å². The van der Waals surface area contributed by atoms with E-state index in [1.807, 2.05) is 30.0 Å². The molecule has 0 N–H and O–H groups in total.